The average Bonchev–Trinajstić information content (AvgIpc) is 3.04. The summed E-state index contributed by atoms with van der Waals surface area (Å²) in [5.41, 5.74) is 4.32. The summed E-state index contributed by atoms with van der Waals surface area (Å²) in [4.78, 5) is 35.3. The first kappa shape index (κ1) is 22.0. The third kappa shape index (κ3) is 4.54. The molecular formula is C24H34N4O3. The molecule has 3 aliphatic rings. The second kappa shape index (κ2) is 9.51. The van der Waals surface area contributed by atoms with Gasteiger partial charge in [0.2, 0.25) is 0 Å². The first-order valence-corrected chi connectivity index (χ1v) is 11.4. The highest BCUT2D eigenvalue weighted by atomic mass is 16.5. The van der Waals surface area contributed by atoms with Gasteiger partial charge in [0.1, 0.15) is 5.70 Å². The van der Waals surface area contributed by atoms with Crippen LogP contribution in [0.15, 0.2) is 23.9 Å². The van der Waals surface area contributed by atoms with E-state index in [1.165, 1.54) is 10.5 Å². The standard InChI is InChI=1S/C24H34N4O3/c1-4-25-7-10-27(11-8-25)22-21(20-6-5-18(2)19(3)17-20)23(29)28(24(22)30)12-9-26-13-15-31-16-14-26/h5-6,17H,4,7-16H2,1-3H3. The van der Waals surface area contributed by atoms with E-state index < -0.39 is 0 Å². The Bertz CT molecular complexity index is 868. The molecule has 3 aliphatic heterocycles. The van der Waals surface area contributed by atoms with Crippen LogP contribution in [0.4, 0.5) is 0 Å². The third-order valence-corrected chi connectivity index (χ3v) is 6.82. The molecule has 0 aromatic heterocycles. The van der Waals surface area contributed by atoms with Gasteiger partial charge in [0.25, 0.3) is 11.8 Å². The summed E-state index contributed by atoms with van der Waals surface area (Å²) in [7, 11) is 0. The number of piperazine rings is 1. The number of benzene rings is 1. The summed E-state index contributed by atoms with van der Waals surface area (Å²) < 4.78 is 5.42. The predicted octanol–water partition coefficient (Wildman–Crippen LogP) is 1.35. The second-order valence-corrected chi connectivity index (χ2v) is 8.66. The number of nitrogens with zero attached hydrogens (tertiary/aromatic N) is 4. The molecule has 0 spiro atoms. The lowest BCUT2D eigenvalue weighted by atomic mass is 9.99. The van der Waals surface area contributed by atoms with Crippen LogP contribution in [-0.4, -0.2) is 104 Å². The molecule has 7 nitrogen and oxygen atoms in total. The van der Waals surface area contributed by atoms with E-state index in [4.69, 9.17) is 4.74 Å². The molecule has 0 atom stereocenters. The van der Waals surface area contributed by atoms with Crippen molar-refractivity contribution >= 4 is 17.4 Å². The molecule has 0 radical (unpaired) electrons. The number of amides is 2. The number of hydrogen-bond acceptors (Lipinski definition) is 6. The maximum Gasteiger partial charge on any atom is 0.277 e. The number of carbonyl (C=O) groups excluding carboxylic acids is 2. The topological polar surface area (TPSA) is 56.3 Å². The maximum absolute atomic E-state index is 13.5. The van der Waals surface area contributed by atoms with Crippen LogP contribution in [-0.2, 0) is 14.3 Å². The molecule has 1 aromatic carbocycles. The Morgan fingerprint density at radius 2 is 1.55 bits per heavy atom. The van der Waals surface area contributed by atoms with E-state index >= 15 is 0 Å². The lowest BCUT2D eigenvalue weighted by molar-refractivity contribution is -0.138. The number of imide groups is 1. The van der Waals surface area contributed by atoms with Gasteiger partial charge in [0, 0.05) is 52.4 Å². The van der Waals surface area contributed by atoms with E-state index in [9.17, 15) is 9.59 Å². The van der Waals surface area contributed by atoms with Gasteiger partial charge in [-0.1, -0.05) is 25.1 Å². The molecule has 2 saturated heterocycles. The van der Waals surface area contributed by atoms with Crippen molar-refractivity contribution in [3.05, 3.63) is 40.6 Å². The molecule has 7 heteroatoms. The molecule has 168 valence electrons. The van der Waals surface area contributed by atoms with E-state index in [-0.39, 0.29) is 11.8 Å². The smallest absolute Gasteiger partial charge is 0.277 e. The third-order valence-electron chi connectivity index (χ3n) is 6.82. The Morgan fingerprint density at radius 3 is 2.19 bits per heavy atom. The van der Waals surface area contributed by atoms with Gasteiger partial charge in [0.05, 0.1) is 18.8 Å². The average molecular weight is 427 g/mol. The molecule has 0 unspecified atom stereocenters. The Labute approximate surface area is 185 Å². The number of carbonyl (C=O) groups is 2. The lowest BCUT2D eigenvalue weighted by Gasteiger charge is -2.36. The normalized spacial score (nSPS) is 21.5. The Hall–Kier alpha value is -2.22. The highest BCUT2D eigenvalue weighted by Crippen LogP contribution is 2.33. The molecule has 0 saturated carbocycles. The van der Waals surface area contributed by atoms with Crippen LogP contribution in [0.2, 0.25) is 0 Å². The van der Waals surface area contributed by atoms with Crippen LogP contribution in [0.3, 0.4) is 0 Å². The van der Waals surface area contributed by atoms with E-state index in [2.05, 4.69) is 35.5 Å². The minimum atomic E-state index is -0.158. The zero-order valence-corrected chi connectivity index (χ0v) is 19.0. The first-order valence-electron chi connectivity index (χ1n) is 11.4. The van der Waals surface area contributed by atoms with Crippen LogP contribution in [0.5, 0.6) is 0 Å². The van der Waals surface area contributed by atoms with Crippen molar-refractivity contribution in [3.8, 4) is 0 Å². The van der Waals surface area contributed by atoms with Crippen LogP contribution >= 0.6 is 0 Å². The fourth-order valence-electron chi connectivity index (χ4n) is 4.57. The molecule has 2 amide bonds. The van der Waals surface area contributed by atoms with Gasteiger partial charge in [0.15, 0.2) is 0 Å². The molecule has 4 rings (SSSR count). The zero-order chi connectivity index (χ0) is 22.0. The molecule has 31 heavy (non-hydrogen) atoms. The Kier molecular flexibility index (Phi) is 6.74. The molecule has 2 fully saturated rings. The number of hydrogen-bond donors (Lipinski definition) is 0. The summed E-state index contributed by atoms with van der Waals surface area (Å²) in [6.07, 6.45) is 0. The highest BCUT2D eigenvalue weighted by Gasteiger charge is 2.42. The Balaban J connectivity index is 1.61. The van der Waals surface area contributed by atoms with E-state index in [0.717, 1.165) is 56.9 Å². The maximum atomic E-state index is 13.5. The van der Waals surface area contributed by atoms with Crippen LogP contribution < -0.4 is 0 Å². The second-order valence-electron chi connectivity index (χ2n) is 8.66. The molecule has 1 aromatic rings. The van der Waals surface area contributed by atoms with Gasteiger partial charge in [-0.25, -0.2) is 0 Å². The van der Waals surface area contributed by atoms with Gasteiger partial charge < -0.3 is 14.5 Å². The van der Waals surface area contributed by atoms with Crippen molar-refractivity contribution in [3.63, 3.8) is 0 Å². The monoisotopic (exact) mass is 426 g/mol. The lowest BCUT2D eigenvalue weighted by Crippen LogP contribution is -2.48. The van der Waals surface area contributed by atoms with E-state index in [1.54, 1.807) is 0 Å². The van der Waals surface area contributed by atoms with Crippen LogP contribution in [0, 0.1) is 13.8 Å². The van der Waals surface area contributed by atoms with Crippen molar-refractivity contribution in [2.45, 2.75) is 20.8 Å². The molecule has 0 aliphatic carbocycles. The fourth-order valence-corrected chi connectivity index (χ4v) is 4.57. The largest absolute Gasteiger partial charge is 0.379 e. The SMILES string of the molecule is CCN1CCN(C2=C(c3ccc(C)c(C)c3)C(=O)N(CCN3CCOCC3)C2=O)CC1. The fraction of sp³-hybridized carbons (Fsp3) is 0.583. The van der Waals surface area contributed by atoms with E-state index in [0.29, 0.717) is 37.6 Å². The van der Waals surface area contributed by atoms with Gasteiger partial charge in [-0.05, 0) is 37.1 Å². The summed E-state index contributed by atoms with van der Waals surface area (Å²) in [5.74, 6) is -0.300. The van der Waals surface area contributed by atoms with Crippen molar-refractivity contribution < 1.29 is 14.3 Å². The zero-order valence-electron chi connectivity index (χ0n) is 19.0. The number of morpholine rings is 1. The summed E-state index contributed by atoms with van der Waals surface area (Å²) in [6.45, 7) is 14.9. The van der Waals surface area contributed by atoms with Crippen LogP contribution in [0.1, 0.15) is 23.6 Å². The number of likely N-dealkylation sites (N-methyl/N-ethyl adjacent to an activating group) is 1. The van der Waals surface area contributed by atoms with E-state index in [1.807, 2.05) is 18.2 Å². The van der Waals surface area contributed by atoms with Crippen molar-refractivity contribution in [1.29, 1.82) is 0 Å². The van der Waals surface area contributed by atoms with Gasteiger partial charge >= 0.3 is 0 Å². The minimum Gasteiger partial charge on any atom is -0.379 e. The van der Waals surface area contributed by atoms with Crippen molar-refractivity contribution in [1.82, 2.24) is 19.6 Å². The summed E-state index contributed by atoms with van der Waals surface area (Å²) in [5, 5.41) is 0. The Morgan fingerprint density at radius 1 is 0.839 bits per heavy atom. The van der Waals surface area contributed by atoms with Gasteiger partial charge in [-0.15, -0.1) is 0 Å². The molecule has 3 heterocycles. The van der Waals surface area contributed by atoms with Crippen molar-refractivity contribution in [2.24, 2.45) is 0 Å². The number of aryl methyl sites for hydroxylation is 2. The van der Waals surface area contributed by atoms with Gasteiger partial charge in [-0.3, -0.25) is 19.4 Å². The molecule has 0 N–H and O–H groups in total. The van der Waals surface area contributed by atoms with Crippen LogP contribution in [0.25, 0.3) is 5.57 Å². The highest BCUT2D eigenvalue weighted by molar-refractivity contribution is 6.35. The number of ether oxygens (including phenoxy) is 1. The van der Waals surface area contributed by atoms with Crippen molar-refractivity contribution in [2.75, 3.05) is 72.1 Å². The van der Waals surface area contributed by atoms with Gasteiger partial charge in [-0.2, -0.15) is 0 Å². The number of rotatable bonds is 6. The first-order chi connectivity index (χ1) is 15.0. The quantitative estimate of drug-likeness (QED) is 0.640. The minimum absolute atomic E-state index is 0.142. The predicted molar refractivity (Wildman–Crippen MR) is 121 cm³/mol. The summed E-state index contributed by atoms with van der Waals surface area (Å²) >= 11 is 0. The molecule has 0 bridgehead atoms. The molecular weight excluding hydrogens is 392 g/mol. The summed E-state index contributed by atoms with van der Waals surface area (Å²) in [6, 6.07) is 6.07.